The second-order valence-corrected chi connectivity index (χ2v) is 12.0. The summed E-state index contributed by atoms with van der Waals surface area (Å²) in [6, 6.07) is 0.123. The zero-order chi connectivity index (χ0) is 21.9. The van der Waals surface area contributed by atoms with Gasteiger partial charge < -0.3 is 15.1 Å². The first-order chi connectivity index (χ1) is 14.8. The summed E-state index contributed by atoms with van der Waals surface area (Å²) in [4.78, 5) is 0. The highest BCUT2D eigenvalue weighted by molar-refractivity contribution is 5.32. The molecular formula is C27H43NO3. The van der Waals surface area contributed by atoms with Gasteiger partial charge in [0.05, 0.1) is 24.9 Å². The second-order valence-electron chi connectivity index (χ2n) is 12.0. The highest BCUT2D eigenvalue weighted by atomic mass is 16.5. The van der Waals surface area contributed by atoms with Gasteiger partial charge >= 0.3 is 0 Å². The number of fused-ring (bicyclic) bond motifs is 6. The highest BCUT2D eigenvalue weighted by Crippen LogP contribution is 2.62. The van der Waals surface area contributed by atoms with E-state index in [0.717, 1.165) is 51.2 Å². The van der Waals surface area contributed by atoms with Crippen molar-refractivity contribution < 1.29 is 15.1 Å². The number of aliphatic hydroxyl groups excluding tert-OH is 1. The van der Waals surface area contributed by atoms with Crippen LogP contribution < -0.4 is 0 Å². The van der Waals surface area contributed by atoms with E-state index in [9.17, 15) is 10.3 Å². The van der Waals surface area contributed by atoms with Crippen LogP contribution in [0.15, 0.2) is 22.8 Å². The molecule has 4 heteroatoms. The van der Waals surface area contributed by atoms with E-state index in [2.05, 4.69) is 33.8 Å². The highest BCUT2D eigenvalue weighted by Gasteiger charge is 2.53. The van der Waals surface area contributed by atoms with Gasteiger partial charge in [0.15, 0.2) is 0 Å². The standard InChI is InChI=1S/C27H43NO3/c1-16-11-25-26(28(30)14-16)17(2)5-7-21-22-8-6-19-12-20(29)9-10-27(19,4)24(22)13-23(21)18(3)15-31-25/h6,16-17,20-22,24-26,29-30H,5,7-15H2,1-4H3/b23-18-/t16-,17-,20-,21-,22-,24-,25+,26-,27-/m0/s1. The largest absolute Gasteiger partial charge is 0.393 e. The van der Waals surface area contributed by atoms with Crippen molar-refractivity contribution in [3.05, 3.63) is 22.8 Å². The van der Waals surface area contributed by atoms with Crippen LogP contribution in [-0.2, 0) is 4.74 Å². The number of aliphatic hydroxyl groups is 1. The van der Waals surface area contributed by atoms with E-state index in [1.807, 2.05) is 0 Å². The van der Waals surface area contributed by atoms with Gasteiger partial charge in [-0.05, 0) is 98.9 Å². The molecule has 31 heavy (non-hydrogen) atoms. The van der Waals surface area contributed by atoms with Crippen LogP contribution in [-0.4, -0.2) is 46.8 Å². The number of piperidine rings is 1. The van der Waals surface area contributed by atoms with Gasteiger partial charge in [-0.2, -0.15) is 5.06 Å². The fraction of sp³-hybridized carbons (Fsp3) is 0.852. The summed E-state index contributed by atoms with van der Waals surface area (Å²) in [6.45, 7) is 10.8. The predicted octanol–water partition coefficient (Wildman–Crippen LogP) is 5.35. The molecule has 174 valence electrons. The molecule has 2 saturated carbocycles. The van der Waals surface area contributed by atoms with Gasteiger partial charge in [-0.3, -0.25) is 0 Å². The third-order valence-corrected chi connectivity index (χ3v) is 10.00. The van der Waals surface area contributed by atoms with E-state index in [1.165, 1.54) is 30.4 Å². The summed E-state index contributed by atoms with van der Waals surface area (Å²) in [7, 11) is 0. The average Bonchev–Trinajstić information content (AvgIpc) is 3.10. The van der Waals surface area contributed by atoms with Crippen molar-refractivity contribution in [1.82, 2.24) is 5.06 Å². The molecule has 2 aliphatic heterocycles. The second kappa shape index (κ2) is 8.27. The summed E-state index contributed by atoms with van der Waals surface area (Å²) >= 11 is 0. The first kappa shape index (κ1) is 22.1. The van der Waals surface area contributed by atoms with Crippen molar-refractivity contribution in [3.63, 3.8) is 0 Å². The molecular weight excluding hydrogens is 386 g/mol. The van der Waals surface area contributed by atoms with E-state index in [1.54, 1.807) is 10.6 Å². The Hall–Kier alpha value is -0.680. The third-order valence-electron chi connectivity index (χ3n) is 10.00. The lowest BCUT2D eigenvalue weighted by Gasteiger charge is -2.49. The Morgan fingerprint density at radius 1 is 1.16 bits per heavy atom. The maximum atomic E-state index is 10.8. The zero-order valence-electron chi connectivity index (χ0n) is 20.0. The van der Waals surface area contributed by atoms with Crippen LogP contribution >= 0.6 is 0 Å². The first-order valence-corrected chi connectivity index (χ1v) is 12.9. The van der Waals surface area contributed by atoms with Gasteiger partial charge in [0.1, 0.15) is 0 Å². The van der Waals surface area contributed by atoms with Crippen LogP contribution in [0.1, 0.15) is 79.1 Å². The van der Waals surface area contributed by atoms with E-state index in [0.29, 0.717) is 23.7 Å². The number of hydrogen-bond donors (Lipinski definition) is 2. The van der Waals surface area contributed by atoms with Crippen molar-refractivity contribution in [3.8, 4) is 0 Å². The Morgan fingerprint density at radius 2 is 1.97 bits per heavy atom. The number of nitrogens with zero attached hydrogens (tertiary/aromatic N) is 1. The minimum atomic E-state index is -0.139. The molecule has 3 fully saturated rings. The van der Waals surface area contributed by atoms with Crippen LogP contribution in [0.3, 0.4) is 0 Å². The lowest BCUT2D eigenvalue weighted by Crippen LogP contribution is -2.53. The van der Waals surface area contributed by atoms with Gasteiger partial charge in [-0.15, -0.1) is 0 Å². The topological polar surface area (TPSA) is 52.9 Å². The average molecular weight is 430 g/mol. The van der Waals surface area contributed by atoms with Crippen molar-refractivity contribution in [2.75, 3.05) is 13.2 Å². The summed E-state index contributed by atoms with van der Waals surface area (Å²) in [5.41, 5.74) is 4.94. The number of ether oxygens (including phenoxy) is 1. The monoisotopic (exact) mass is 429 g/mol. The maximum absolute atomic E-state index is 10.8. The summed E-state index contributed by atoms with van der Waals surface area (Å²) < 4.78 is 6.55. The number of hydroxylamine groups is 2. The molecule has 2 N–H and O–H groups in total. The summed E-state index contributed by atoms with van der Waals surface area (Å²) in [6.07, 6.45) is 11.3. The van der Waals surface area contributed by atoms with E-state index in [-0.39, 0.29) is 23.7 Å². The Balaban J connectivity index is 1.44. The molecule has 1 saturated heterocycles. The first-order valence-electron chi connectivity index (χ1n) is 12.9. The molecule has 2 heterocycles. The van der Waals surface area contributed by atoms with Crippen LogP contribution in [0.4, 0.5) is 0 Å². The van der Waals surface area contributed by atoms with Crippen LogP contribution in [0.25, 0.3) is 0 Å². The predicted molar refractivity (Wildman–Crippen MR) is 123 cm³/mol. The molecule has 4 nitrogen and oxygen atoms in total. The molecule has 0 aromatic rings. The molecule has 3 aliphatic carbocycles. The Bertz CT molecular complexity index is 760. The Kier molecular flexibility index (Phi) is 5.90. The van der Waals surface area contributed by atoms with E-state index >= 15 is 0 Å². The van der Waals surface area contributed by atoms with Crippen molar-refractivity contribution in [2.45, 2.75) is 97.3 Å². The van der Waals surface area contributed by atoms with Gasteiger partial charge in [-0.25, -0.2) is 0 Å². The summed E-state index contributed by atoms with van der Waals surface area (Å²) in [5.74, 6) is 3.01. The van der Waals surface area contributed by atoms with Crippen LogP contribution in [0.5, 0.6) is 0 Å². The molecule has 0 spiro atoms. The number of allylic oxidation sites excluding steroid dienone is 2. The molecule has 0 radical (unpaired) electrons. The lowest BCUT2D eigenvalue weighted by molar-refractivity contribution is -0.209. The van der Waals surface area contributed by atoms with Gasteiger partial charge in [0.25, 0.3) is 0 Å². The molecule has 5 aliphatic rings. The van der Waals surface area contributed by atoms with E-state index < -0.39 is 0 Å². The normalized spacial score (nSPS) is 51.2. The molecule has 5 rings (SSSR count). The molecule has 0 amide bonds. The zero-order valence-corrected chi connectivity index (χ0v) is 20.0. The molecule has 0 bridgehead atoms. The Morgan fingerprint density at radius 3 is 2.77 bits per heavy atom. The van der Waals surface area contributed by atoms with Gasteiger partial charge in [0, 0.05) is 6.54 Å². The van der Waals surface area contributed by atoms with Crippen molar-refractivity contribution in [1.29, 1.82) is 0 Å². The van der Waals surface area contributed by atoms with Crippen LogP contribution in [0, 0.1) is 35.0 Å². The molecule has 0 unspecified atom stereocenters. The van der Waals surface area contributed by atoms with Crippen LogP contribution in [0.2, 0.25) is 0 Å². The SMILES string of the molecule is C/C1=C2\C[C@H]3[C@@H](CC=C4C[C@@H](O)CC[C@@]43C)[C@@H]2CC[C@H](C)[C@H]2[C@@H](C[C@H](C)CN2O)OC1. The fourth-order valence-electron chi connectivity index (χ4n) is 8.23. The molecule has 9 atom stereocenters. The summed E-state index contributed by atoms with van der Waals surface area (Å²) in [5, 5.41) is 22.6. The maximum Gasteiger partial charge on any atom is 0.0763 e. The number of rotatable bonds is 0. The smallest absolute Gasteiger partial charge is 0.0763 e. The Labute approximate surface area is 188 Å². The molecule has 0 aromatic carbocycles. The minimum absolute atomic E-state index is 0.123. The third kappa shape index (κ3) is 3.76. The quantitative estimate of drug-likeness (QED) is 0.510. The van der Waals surface area contributed by atoms with Gasteiger partial charge in [-0.1, -0.05) is 38.0 Å². The molecule has 0 aromatic heterocycles. The van der Waals surface area contributed by atoms with Gasteiger partial charge in [0.2, 0.25) is 0 Å². The fourth-order valence-corrected chi connectivity index (χ4v) is 8.23. The number of hydrogen-bond acceptors (Lipinski definition) is 4. The minimum Gasteiger partial charge on any atom is -0.393 e. The van der Waals surface area contributed by atoms with E-state index in [4.69, 9.17) is 4.74 Å². The van der Waals surface area contributed by atoms with Crippen molar-refractivity contribution >= 4 is 0 Å². The van der Waals surface area contributed by atoms with Crippen molar-refractivity contribution in [2.24, 2.45) is 35.0 Å². The lowest BCUT2D eigenvalue weighted by atomic mass is 9.56.